The minimum absolute atomic E-state index is 1.02. The van der Waals surface area contributed by atoms with Crippen molar-refractivity contribution in [1.29, 1.82) is 0 Å². The van der Waals surface area contributed by atoms with Crippen molar-refractivity contribution in [2.45, 2.75) is 25.0 Å². The Balaban J connectivity index is 3.02. The lowest BCUT2D eigenvalue weighted by molar-refractivity contribution is 1.59. The van der Waals surface area contributed by atoms with Crippen molar-refractivity contribution in [3.8, 4) is 0 Å². The largest absolute Gasteiger partial charge is 0.148 e. The fourth-order valence-corrected chi connectivity index (χ4v) is 5.42. The van der Waals surface area contributed by atoms with E-state index >= 15 is 0 Å². The third kappa shape index (κ3) is 2.17. The molecule has 0 aliphatic rings. The fraction of sp³-hybridized carbons (Fsp3) is 0.500. The van der Waals surface area contributed by atoms with Crippen LogP contribution in [0.3, 0.4) is 0 Å². The SMILES string of the molecule is C[Si](C)(C)c1ccsc1CBr. The van der Waals surface area contributed by atoms with Crippen LogP contribution in [0, 0.1) is 0 Å². The predicted octanol–water partition coefficient (Wildman–Crippen LogP) is 3.19. The molecule has 0 aromatic carbocycles. The van der Waals surface area contributed by atoms with Crippen LogP contribution < -0.4 is 5.19 Å². The average Bonchev–Trinajstić information content (AvgIpc) is 2.31. The number of thiophene rings is 1. The molecule has 0 aliphatic heterocycles. The maximum atomic E-state index is 3.51. The molecule has 0 atom stereocenters. The molecule has 0 saturated heterocycles. The summed E-state index contributed by atoms with van der Waals surface area (Å²) in [5.74, 6) is 0. The molecule has 1 aromatic rings. The summed E-state index contributed by atoms with van der Waals surface area (Å²) in [6, 6.07) is 2.29. The summed E-state index contributed by atoms with van der Waals surface area (Å²) < 4.78 is 0. The van der Waals surface area contributed by atoms with Gasteiger partial charge >= 0.3 is 0 Å². The Morgan fingerprint density at radius 3 is 2.45 bits per heavy atom. The first-order chi connectivity index (χ1) is 5.05. The van der Waals surface area contributed by atoms with Gasteiger partial charge in [-0.15, -0.1) is 11.3 Å². The molecule has 0 nitrogen and oxygen atoms in total. The highest BCUT2D eigenvalue weighted by Gasteiger charge is 2.19. The molecular weight excluding hydrogens is 236 g/mol. The molecule has 1 rings (SSSR count). The van der Waals surface area contributed by atoms with Gasteiger partial charge in [0.15, 0.2) is 0 Å². The maximum Gasteiger partial charge on any atom is 0.0790 e. The van der Waals surface area contributed by atoms with Gasteiger partial charge in [0.05, 0.1) is 8.07 Å². The molecule has 62 valence electrons. The molecule has 0 unspecified atom stereocenters. The number of hydrogen-bond acceptors (Lipinski definition) is 1. The monoisotopic (exact) mass is 248 g/mol. The Morgan fingerprint density at radius 1 is 1.45 bits per heavy atom. The van der Waals surface area contributed by atoms with E-state index in [1.165, 1.54) is 4.88 Å². The minimum atomic E-state index is -1.07. The van der Waals surface area contributed by atoms with Crippen molar-refractivity contribution in [2.75, 3.05) is 0 Å². The third-order valence-electron chi connectivity index (χ3n) is 1.67. The second kappa shape index (κ2) is 3.41. The highest BCUT2D eigenvalue weighted by molar-refractivity contribution is 9.08. The van der Waals surface area contributed by atoms with Crippen LogP contribution in [0.1, 0.15) is 4.88 Å². The summed E-state index contributed by atoms with van der Waals surface area (Å²) in [6.45, 7) is 7.17. The molecule has 0 radical (unpaired) electrons. The summed E-state index contributed by atoms with van der Waals surface area (Å²) in [5, 5.41) is 4.83. The second-order valence-corrected chi connectivity index (χ2v) is 10.2. The highest BCUT2D eigenvalue weighted by atomic mass is 79.9. The van der Waals surface area contributed by atoms with Gasteiger partial charge in [0.1, 0.15) is 0 Å². The van der Waals surface area contributed by atoms with E-state index in [0.717, 1.165) is 5.33 Å². The van der Waals surface area contributed by atoms with Gasteiger partial charge < -0.3 is 0 Å². The van der Waals surface area contributed by atoms with E-state index in [2.05, 4.69) is 47.0 Å². The molecule has 1 heterocycles. The Kier molecular flexibility index (Phi) is 2.94. The van der Waals surface area contributed by atoms with Crippen molar-refractivity contribution in [1.82, 2.24) is 0 Å². The number of rotatable bonds is 2. The number of hydrogen-bond donors (Lipinski definition) is 0. The summed E-state index contributed by atoms with van der Waals surface area (Å²) in [7, 11) is -1.07. The quantitative estimate of drug-likeness (QED) is 0.558. The lowest BCUT2D eigenvalue weighted by Gasteiger charge is -2.15. The molecule has 0 bridgehead atoms. The molecule has 11 heavy (non-hydrogen) atoms. The van der Waals surface area contributed by atoms with Crippen LogP contribution in [-0.4, -0.2) is 8.07 Å². The van der Waals surface area contributed by atoms with Gasteiger partial charge in [-0.05, 0) is 10.6 Å². The normalized spacial score (nSPS) is 12.0. The molecule has 3 heteroatoms. The Bertz CT molecular complexity index is 236. The van der Waals surface area contributed by atoms with Crippen molar-refractivity contribution in [3.63, 3.8) is 0 Å². The molecule has 1 aromatic heterocycles. The van der Waals surface area contributed by atoms with Crippen LogP contribution in [0.4, 0.5) is 0 Å². The van der Waals surface area contributed by atoms with Gasteiger partial charge in [-0.2, -0.15) is 0 Å². The first-order valence-electron chi connectivity index (χ1n) is 3.68. The molecule has 0 saturated carbocycles. The van der Waals surface area contributed by atoms with E-state index in [0.29, 0.717) is 0 Å². The average molecular weight is 249 g/mol. The van der Waals surface area contributed by atoms with Crippen LogP contribution in [0.2, 0.25) is 19.6 Å². The molecule has 0 aliphatic carbocycles. The van der Waals surface area contributed by atoms with E-state index < -0.39 is 8.07 Å². The van der Waals surface area contributed by atoms with E-state index in [1.54, 1.807) is 5.19 Å². The third-order valence-corrected chi connectivity index (χ3v) is 5.79. The van der Waals surface area contributed by atoms with Gasteiger partial charge in [-0.25, -0.2) is 0 Å². The topological polar surface area (TPSA) is 0 Å². The standard InChI is InChI=1S/C8H13BrSSi/c1-11(2,3)8-4-5-10-7(8)6-9/h4-5H,6H2,1-3H3. The second-order valence-electron chi connectivity index (χ2n) is 3.64. The van der Waals surface area contributed by atoms with E-state index in [9.17, 15) is 0 Å². The zero-order chi connectivity index (χ0) is 8.48. The van der Waals surface area contributed by atoms with E-state index in [1.807, 2.05) is 11.3 Å². The summed E-state index contributed by atoms with van der Waals surface area (Å²) in [5.41, 5.74) is 0. The van der Waals surface area contributed by atoms with Gasteiger partial charge in [0.2, 0.25) is 0 Å². The van der Waals surface area contributed by atoms with E-state index in [4.69, 9.17) is 0 Å². The van der Waals surface area contributed by atoms with Crippen molar-refractivity contribution in [3.05, 3.63) is 16.3 Å². The Labute approximate surface area is 81.8 Å². The molecule has 0 amide bonds. The van der Waals surface area contributed by atoms with Crippen LogP contribution in [0.15, 0.2) is 11.4 Å². The fourth-order valence-electron chi connectivity index (χ4n) is 1.11. The molecule has 0 fully saturated rings. The Morgan fingerprint density at radius 2 is 2.09 bits per heavy atom. The predicted molar refractivity (Wildman–Crippen MR) is 59.9 cm³/mol. The minimum Gasteiger partial charge on any atom is -0.148 e. The molecule has 0 N–H and O–H groups in total. The number of halogens is 1. The summed E-state index contributed by atoms with van der Waals surface area (Å²) in [4.78, 5) is 1.52. The zero-order valence-corrected chi connectivity index (χ0v) is 10.6. The highest BCUT2D eigenvalue weighted by Crippen LogP contribution is 2.15. The van der Waals surface area contributed by atoms with Crippen LogP contribution in [0.5, 0.6) is 0 Å². The van der Waals surface area contributed by atoms with Crippen molar-refractivity contribution < 1.29 is 0 Å². The van der Waals surface area contributed by atoms with Gasteiger partial charge in [-0.1, -0.05) is 41.6 Å². The maximum absolute atomic E-state index is 3.51. The van der Waals surface area contributed by atoms with Gasteiger partial charge in [0, 0.05) is 10.2 Å². The summed E-state index contributed by atoms with van der Waals surface area (Å²) in [6.07, 6.45) is 0. The number of alkyl halides is 1. The lowest BCUT2D eigenvalue weighted by atomic mass is 10.5. The first-order valence-corrected chi connectivity index (χ1v) is 9.18. The molecule has 0 spiro atoms. The first kappa shape index (κ1) is 9.48. The van der Waals surface area contributed by atoms with Gasteiger partial charge in [-0.3, -0.25) is 0 Å². The van der Waals surface area contributed by atoms with Crippen molar-refractivity contribution >= 4 is 40.5 Å². The Hall–Kier alpha value is 0.397. The lowest BCUT2D eigenvalue weighted by Crippen LogP contribution is -2.38. The van der Waals surface area contributed by atoms with Gasteiger partial charge in [0.25, 0.3) is 0 Å². The zero-order valence-electron chi connectivity index (χ0n) is 7.15. The van der Waals surface area contributed by atoms with Crippen LogP contribution in [-0.2, 0) is 5.33 Å². The smallest absolute Gasteiger partial charge is 0.0790 e. The summed E-state index contributed by atoms with van der Waals surface area (Å²) >= 11 is 5.38. The van der Waals surface area contributed by atoms with Crippen molar-refractivity contribution in [2.24, 2.45) is 0 Å². The van der Waals surface area contributed by atoms with Crippen LogP contribution >= 0.6 is 27.3 Å². The van der Waals surface area contributed by atoms with E-state index in [-0.39, 0.29) is 0 Å². The molecular formula is C8H13BrSSi. The van der Waals surface area contributed by atoms with Crippen LogP contribution in [0.25, 0.3) is 0 Å².